The molecule has 0 atom stereocenters. The van der Waals surface area contributed by atoms with Gasteiger partial charge in [0, 0.05) is 13.1 Å². The van der Waals surface area contributed by atoms with Crippen molar-refractivity contribution < 1.29 is 9.53 Å². The first-order valence-corrected chi connectivity index (χ1v) is 6.99. The minimum Gasteiger partial charge on any atom is -0.459 e. The van der Waals surface area contributed by atoms with Gasteiger partial charge in [-0.3, -0.25) is 9.69 Å². The molecular weight excluding hydrogens is 228 g/mol. The molecule has 0 spiro atoms. The van der Waals surface area contributed by atoms with E-state index in [1.807, 2.05) is 32.7 Å². The number of rotatable bonds is 5. The Bertz CT molecular complexity index is 255. The monoisotopic (exact) mass is 256 g/mol. The van der Waals surface area contributed by atoms with Crippen LogP contribution in [0.15, 0.2) is 0 Å². The van der Waals surface area contributed by atoms with Crippen LogP contribution in [0.4, 0.5) is 0 Å². The first-order valence-electron chi connectivity index (χ1n) is 6.99. The molecule has 1 aliphatic rings. The molecule has 1 aliphatic heterocycles. The van der Waals surface area contributed by atoms with Gasteiger partial charge in [0.15, 0.2) is 0 Å². The molecule has 4 heteroatoms. The molecule has 18 heavy (non-hydrogen) atoms. The third kappa shape index (κ3) is 6.97. The number of carbonyl (C=O) groups is 1. The summed E-state index contributed by atoms with van der Waals surface area (Å²) in [5.41, 5.74) is -0.384. The number of nitrogens with zero attached hydrogens (tertiary/aromatic N) is 2. The summed E-state index contributed by atoms with van der Waals surface area (Å²) < 4.78 is 5.31. The molecule has 0 amide bonds. The quantitative estimate of drug-likeness (QED) is 0.702. The van der Waals surface area contributed by atoms with Crippen molar-refractivity contribution in [1.82, 2.24) is 9.80 Å². The van der Waals surface area contributed by atoms with Crippen molar-refractivity contribution in [2.24, 2.45) is 0 Å². The SMILES string of the molecule is CN(CCN1CCCCC1)CC(=O)OC(C)(C)C. The van der Waals surface area contributed by atoms with Gasteiger partial charge >= 0.3 is 5.97 Å². The molecule has 1 saturated heterocycles. The molecule has 0 aromatic heterocycles. The van der Waals surface area contributed by atoms with Crippen LogP contribution < -0.4 is 0 Å². The van der Waals surface area contributed by atoms with Gasteiger partial charge in [-0.1, -0.05) is 6.42 Å². The van der Waals surface area contributed by atoms with Crippen LogP contribution in [-0.4, -0.2) is 61.1 Å². The Morgan fingerprint density at radius 3 is 2.39 bits per heavy atom. The van der Waals surface area contributed by atoms with Crippen molar-refractivity contribution in [2.75, 3.05) is 39.8 Å². The van der Waals surface area contributed by atoms with E-state index in [0.717, 1.165) is 13.1 Å². The maximum atomic E-state index is 11.6. The normalized spacial score (nSPS) is 18.1. The van der Waals surface area contributed by atoms with Crippen molar-refractivity contribution in [3.05, 3.63) is 0 Å². The molecule has 1 heterocycles. The molecule has 0 unspecified atom stereocenters. The second-order valence-corrected chi connectivity index (χ2v) is 6.23. The van der Waals surface area contributed by atoms with E-state index in [-0.39, 0.29) is 11.6 Å². The predicted molar refractivity (Wildman–Crippen MR) is 73.6 cm³/mol. The van der Waals surface area contributed by atoms with Crippen LogP contribution in [0.5, 0.6) is 0 Å². The van der Waals surface area contributed by atoms with E-state index < -0.39 is 0 Å². The molecule has 0 aliphatic carbocycles. The van der Waals surface area contributed by atoms with Gasteiger partial charge < -0.3 is 9.64 Å². The number of carbonyl (C=O) groups excluding carboxylic acids is 1. The zero-order valence-electron chi connectivity index (χ0n) is 12.4. The minimum absolute atomic E-state index is 0.136. The number of piperidine rings is 1. The van der Waals surface area contributed by atoms with Crippen LogP contribution >= 0.6 is 0 Å². The average Bonchev–Trinajstić information content (AvgIpc) is 2.25. The molecule has 4 nitrogen and oxygen atoms in total. The molecule has 1 rings (SSSR count). The lowest BCUT2D eigenvalue weighted by atomic mass is 10.1. The number of likely N-dealkylation sites (N-methyl/N-ethyl adjacent to an activating group) is 1. The van der Waals surface area contributed by atoms with Gasteiger partial charge in [0.05, 0.1) is 6.54 Å². The highest BCUT2D eigenvalue weighted by Gasteiger charge is 2.18. The van der Waals surface area contributed by atoms with Crippen molar-refractivity contribution in [2.45, 2.75) is 45.6 Å². The standard InChI is InChI=1S/C14H28N2O2/c1-14(2,3)18-13(17)12-15(4)10-11-16-8-6-5-7-9-16/h5-12H2,1-4H3. The summed E-state index contributed by atoms with van der Waals surface area (Å²) >= 11 is 0. The molecule has 0 bridgehead atoms. The van der Waals surface area contributed by atoms with Crippen molar-refractivity contribution in [3.8, 4) is 0 Å². The smallest absolute Gasteiger partial charge is 0.320 e. The van der Waals surface area contributed by atoms with E-state index in [4.69, 9.17) is 4.74 Å². The summed E-state index contributed by atoms with van der Waals surface area (Å²) in [4.78, 5) is 16.2. The summed E-state index contributed by atoms with van der Waals surface area (Å²) in [6.45, 7) is 10.5. The second kappa shape index (κ2) is 7.10. The first-order chi connectivity index (χ1) is 8.37. The van der Waals surface area contributed by atoms with Gasteiger partial charge in [-0.15, -0.1) is 0 Å². The van der Waals surface area contributed by atoms with Crippen LogP contribution in [-0.2, 0) is 9.53 Å². The zero-order chi connectivity index (χ0) is 13.6. The van der Waals surface area contributed by atoms with Crippen LogP contribution in [0.2, 0.25) is 0 Å². The Morgan fingerprint density at radius 2 is 1.83 bits per heavy atom. The Labute approximate surface area is 111 Å². The Hall–Kier alpha value is -0.610. The summed E-state index contributed by atoms with van der Waals surface area (Å²) in [6.07, 6.45) is 4.00. The summed E-state index contributed by atoms with van der Waals surface area (Å²) in [7, 11) is 1.98. The van der Waals surface area contributed by atoms with Crippen LogP contribution in [0.3, 0.4) is 0 Å². The molecule has 0 aromatic carbocycles. The highest BCUT2D eigenvalue weighted by Crippen LogP contribution is 2.09. The number of likely N-dealkylation sites (tertiary alicyclic amines) is 1. The van der Waals surface area contributed by atoms with E-state index in [0.29, 0.717) is 6.54 Å². The Balaban J connectivity index is 2.16. The third-order valence-electron chi connectivity index (χ3n) is 3.07. The third-order valence-corrected chi connectivity index (χ3v) is 3.07. The fourth-order valence-electron chi connectivity index (χ4n) is 2.17. The largest absolute Gasteiger partial charge is 0.459 e. The summed E-state index contributed by atoms with van der Waals surface area (Å²) in [5, 5.41) is 0. The van der Waals surface area contributed by atoms with Gasteiger partial charge in [-0.25, -0.2) is 0 Å². The first kappa shape index (κ1) is 15.4. The lowest BCUT2D eigenvalue weighted by molar-refractivity contribution is -0.155. The molecular formula is C14H28N2O2. The topological polar surface area (TPSA) is 32.8 Å². The van der Waals surface area contributed by atoms with Gasteiger partial charge in [-0.05, 0) is 53.8 Å². The molecule has 1 fully saturated rings. The fraction of sp³-hybridized carbons (Fsp3) is 0.929. The molecule has 106 valence electrons. The van der Waals surface area contributed by atoms with Gasteiger partial charge in [-0.2, -0.15) is 0 Å². The number of esters is 1. The van der Waals surface area contributed by atoms with E-state index >= 15 is 0 Å². The number of ether oxygens (including phenoxy) is 1. The Morgan fingerprint density at radius 1 is 1.22 bits per heavy atom. The Kier molecular flexibility index (Phi) is 6.09. The van der Waals surface area contributed by atoms with E-state index in [9.17, 15) is 4.79 Å². The van der Waals surface area contributed by atoms with Crippen LogP contribution in [0, 0.1) is 0 Å². The minimum atomic E-state index is -0.384. The lowest BCUT2D eigenvalue weighted by Crippen LogP contribution is -2.39. The zero-order valence-corrected chi connectivity index (χ0v) is 12.4. The van der Waals surface area contributed by atoms with E-state index in [2.05, 4.69) is 4.90 Å². The lowest BCUT2D eigenvalue weighted by Gasteiger charge is -2.28. The fourth-order valence-corrected chi connectivity index (χ4v) is 2.17. The maximum Gasteiger partial charge on any atom is 0.320 e. The van der Waals surface area contributed by atoms with Gasteiger partial charge in [0.1, 0.15) is 5.60 Å². The van der Waals surface area contributed by atoms with Gasteiger partial charge in [0.2, 0.25) is 0 Å². The maximum absolute atomic E-state index is 11.6. The molecule has 0 saturated carbocycles. The highest BCUT2D eigenvalue weighted by molar-refractivity contribution is 5.72. The molecule has 0 radical (unpaired) electrons. The number of hydrogen-bond acceptors (Lipinski definition) is 4. The van der Waals surface area contributed by atoms with Crippen molar-refractivity contribution >= 4 is 5.97 Å². The summed E-state index contributed by atoms with van der Waals surface area (Å²) in [5.74, 6) is -0.136. The predicted octanol–water partition coefficient (Wildman–Crippen LogP) is 1.75. The average molecular weight is 256 g/mol. The molecule has 0 aromatic rings. The number of hydrogen-bond donors (Lipinski definition) is 0. The van der Waals surface area contributed by atoms with Crippen LogP contribution in [0.1, 0.15) is 40.0 Å². The van der Waals surface area contributed by atoms with E-state index in [1.54, 1.807) is 0 Å². The highest BCUT2D eigenvalue weighted by atomic mass is 16.6. The second-order valence-electron chi connectivity index (χ2n) is 6.23. The van der Waals surface area contributed by atoms with Gasteiger partial charge in [0.25, 0.3) is 0 Å². The van der Waals surface area contributed by atoms with E-state index in [1.165, 1.54) is 32.4 Å². The van der Waals surface area contributed by atoms with Crippen molar-refractivity contribution in [3.63, 3.8) is 0 Å². The summed E-state index contributed by atoms with van der Waals surface area (Å²) in [6, 6.07) is 0. The van der Waals surface area contributed by atoms with Crippen molar-refractivity contribution in [1.29, 1.82) is 0 Å². The van der Waals surface area contributed by atoms with Crippen LogP contribution in [0.25, 0.3) is 0 Å². The molecule has 0 N–H and O–H groups in total.